The molecule has 0 aliphatic carbocycles. The molecule has 1 N–H and O–H groups in total. The first-order valence-electron chi connectivity index (χ1n) is 6.35. The number of nitrogens with zero attached hydrogens (tertiary/aromatic N) is 1. The van der Waals surface area contributed by atoms with Crippen molar-refractivity contribution in [2.24, 2.45) is 0 Å². The summed E-state index contributed by atoms with van der Waals surface area (Å²) in [6.07, 6.45) is 8.90. The molecule has 0 atom stereocenters. The highest BCUT2D eigenvalue weighted by atomic mass is 16.1. The number of allylic oxidation sites excluding steroid dienone is 3. The van der Waals surface area contributed by atoms with Crippen molar-refractivity contribution in [1.29, 1.82) is 5.26 Å². The van der Waals surface area contributed by atoms with Crippen molar-refractivity contribution >= 4 is 5.91 Å². The molecule has 1 aromatic carbocycles. The van der Waals surface area contributed by atoms with Gasteiger partial charge >= 0.3 is 0 Å². The van der Waals surface area contributed by atoms with Crippen molar-refractivity contribution in [3.8, 4) is 6.07 Å². The summed E-state index contributed by atoms with van der Waals surface area (Å²) < 4.78 is 0. The Morgan fingerprint density at radius 2 is 2.05 bits per heavy atom. The lowest BCUT2D eigenvalue weighted by Gasteiger charge is -2.01. The van der Waals surface area contributed by atoms with Crippen LogP contribution < -0.4 is 5.32 Å². The molecule has 1 rings (SSSR count). The van der Waals surface area contributed by atoms with Gasteiger partial charge in [0.05, 0.1) is 6.07 Å². The lowest BCUT2D eigenvalue weighted by atomic mass is 10.1. The number of nitrogens with one attached hydrogen (secondary N) is 1. The highest BCUT2D eigenvalue weighted by Gasteiger charge is 1.94. The third-order valence-electron chi connectivity index (χ3n) is 2.47. The molecule has 1 amide bonds. The van der Waals surface area contributed by atoms with E-state index in [-0.39, 0.29) is 5.91 Å². The van der Waals surface area contributed by atoms with Gasteiger partial charge in [0.2, 0.25) is 5.91 Å². The molecule has 98 valence electrons. The Hall–Kier alpha value is -2.34. The number of nitriles is 1. The summed E-state index contributed by atoms with van der Waals surface area (Å²) in [6.45, 7) is 0.630. The molecule has 0 radical (unpaired) electrons. The van der Waals surface area contributed by atoms with E-state index in [1.165, 1.54) is 11.6 Å². The first kappa shape index (κ1) is 14.7. The van der Waals surface area contributed by atoms with Crippen molar-refractivity contribution in [1.82, 2.24) is 5.32 Å². The van der Waals surface area contributed by atoms with Gasteiger partial charge in [-0.3, -0.25) is 4.79 Å². The lowest BCUT2D eigenvalue weighted by molar-refractivity contribution is -0.116. The Morgan fingerprint density at radius 1 is 1.26 bits per heavy atom. The molecule has 0 aliphatic heterocycles. The standard InChI is InChI=1S/C16H18N2O/c17-13-8-3-1-2-7-11-16(19)18-14-12-15-9-5-4-6-10-15/h1-2,4-7,9-11H,3,8,12,14H2,(H,18,19)/b2-1+,11-7+. The number of hydrogen-bond donors (Lipinski definition) is 1. The van der Waals surface area contributed by atoms with Gasteiger partial charge in [-0.15, -0.1) is 0 Å². The fourth-order valence-electron chi connectivity index (χ4n) is 1.50. The molecule has 0 spiro atoms. The van der Waals surface area contributed by atoms with E-state index in [0.29, 0.717) is 13.0 Å². The van der Waals surface area contributed by atoms with Gasteiger partial charge in [-0.2, -0.15) is 5.26 Å². The number of benzene rings is 1. The maximum Gasteiger partial charge on any atom is 0.243 e. The van der Waals surface area contributed by atoms with Gasteiger partial charge in [0, 0.05) is 19.0 Å². The predicted octanol–water partition coefficient (Wildman–Crippen LogP) is 2.76. The van der Waals surface area contributed by atoms with E-state index in [1.807, 2.05) is 36.4 Å². The maximum atomic E-state index is 11.4. The van der Waals surface area contributed by atoms with Crippen molar-refractivity contribution in [2.75, 3.05) is 6.54 Å². The topological polar surface area (TPSA) is 52.9 Å². The fourth-order valence-corrected chi connectivity index (χ4v) is 1.50. The molecule has 3 nitrogen and oxygen atoms in total. The van der Waals surface area contributed by atoms with Gasteiger partial charge in [0.15, 0.2) is 0 Å². The average molecular weight is 254 g/mol. The zero-order valence-corrected chi connectivity index (χ0v) is 10.9. The monoisotopic (exact) mass is 254 g/mol. The maximum absolute atomic E-state index is 11.4. The molecular formula is C16H18N2O. The van der Waals surface area contributed by atoms with E-state index in [1.54, 1.807) is 12.2 Å². The SMILES string of the molecule is N#CCC/C=C/C=C/C(=O)NCCc1ccccc1. The van der Waals surface area contributed by atoms with E-state index in [9.17, 15) is 4.79 Å². The van der Waals surface area contributed by atoms with Gasteiger partial charge in [-0.25, -0.2) is 0 Å². The van der Waals surface area contributed by atoms with Crippen LogP contribution in [-0.2, 0) is 11.2 Å². The quantitative estimate of drug-likeness (QED) is 0.462. The van der Waals surface area contributed by atoms with Crippen molar-refractivity contribution in [3.63, 3.8) is 0 Å². The Kier molecular flexibility index (Phi) is 7.49. The minimum absolute atomic E-state index is 0.0964. The fraction of sp³-hybridized carbons (Fsp3) is 0.250. The number of unbranched alkanes of at least 4 members (excludes halogenated alkanes) is 1. The summed E-state index contributed by atoms with van der Waals surface area (Å²) >= 11 is 0. The molecule has 3 heteroatoms. The van der Waals surface area contributed by atoms with Crippen LogP contribution in [0, 0.1) is 11.3 Å². The molecule has 0 fully saturated rings. The Balaban J connectivity index is 2.16. The molecule has 0 aliphatic rings. The smallest absolute Gasteiger partial charge is 0.243 e. The van der Waals surface area contributed by atoms with Crippen LogP contribution >= 0.6 is 0 Å². The summed E-state index contributed by atoms with van der Waals surface area (Å²) in [4.78, 5) is 11.4. The van der Waals surface area contributed by atoms with Crippen LogP contribution in [0.1, 0.15) is 18.4 Å². The summed E-state index contributed by atoms with van der Waals surface area (Å²) in [7, 11) is 0. The van der Waals surface area contributed by atoms with Gasteiger partial charge in [0.1, 0.15) is 0 Å². The molecule has 0 saturated carbocycles. The number of carbonyl (C=O) groups excluding carboxylic acids is 1. The zero-order valence-electron chi connectivity index (χ0n) is 10.9. The van der Waals surface area contributed by atoms with Crippen molar-refractivity contribution in [2.45, 2.75) is 19.3 Å². The lowest BCUT2D eigenvalue weighted by Crippen LogP contribution is -2.23. The highest BCUT2D eigenvalue weighted by Crippen LogP contribution is 1.98. The molecule has 1 aromatic rings. The van der Waals surface area contributed by atoms with Gasteiger partial charge < -0.3 is 5.32 Å². The molecule has 19 heavy (non-hydrogen) atoms. The van der Waals surface area contributed by atoms with E-state index in [4.69, 9.17) is 5.26 Å². The molecule has 0 saturated heterocycles. The van der Waals surface area contributed by atoms with E-state index >= 15 is 0 Å². The van der Waals surface area contributed by atoms with E-state index in [2.05, 4.69) is 11.4 Å². The number of rotatable bonds is 7. The van der Waals surface area contributed by atoms with Crippen LogP contribution in [0.2, 0.25) is 0 Å². The molecular weight excluding hydrogens is 236 g/mol. The largest absolute Gasteiger partial charge is 0.352 e. The summed E-state index contributed by atoms with van der Waals surface area (Å²) in [5.74, 6) is -0.0964. The van der Waals surface area contributed by atoms with Crippen LogP contribution in [0.4, 0.5) is 0 Å². The normalized spacial score (nSPS) is 10.7. The Bertz CT molecular complexity index is 469. The highest BCUT2D eigenvalue weighted by molar-refractivity contribution is 5.87. The van der Waals surface area contributed by atoms with Gasteiger partial charge in [-0.05, 0) is 18.4 Å². The van der Waals surface area contributed by atoms with Crippen LogP contribution in [0.15, 0.2) is 54.6 Å². The number of amides is 1. The average Bonchev–Trinajstić information content (AvgIpc) is 2.44. The van der Waals surface area contributed by atoms with Crippen LogP contribution in [0.3, 0.4) is 0 Å². The van der Waals surface area contributed by atoms with Crippen molar-refractivity contribution < 1.29 is 4.79 Å². The van der Waals surface area contributed by atoms with Gasteiger partial charge in [0.25, 0.3) is 0 Å². The summed E-state index contributed by atoms with van der Waals surface area (Å²) in [6, 6.07) is 12.1. The molecule has 0 aromatic heterocycles. The minimum atomic E-state index is -0.0964. The number of hydrogen-bond acceptors (Lipinski definition) is 2. The second-order valence-electron chi connectivity index (χ2n) is 4.01. The van der Waals surface area contributed by atoms with Crippen LogP contribution in [0.5, 0.6) is 0 Å². The number of carbonyl (C=O) groups is 1. The first-order valence-corrected chi connectivity index (χ1v) is 6.35. The van der Waals surface area contributed by atoms with Gasteiger partial charge in [-0.1, -0.05) is 48.6 Å². The molecule has 0 unspecified atom stereocenters. The first-order chi connectivity index (χ1) is 9.33. The Morgan fingerprint density at radius 3 is 2.79 bits per heavy atom. The molecule has 0 heterocycles. The summed E-state index contributed by atoms with van der Waals surface area (Å²) in [5.41, 5.74) is 1.21. The Labute approximate surface area is 114 Å². The predicted molar refractivity (Wildman–Crippen MR) is 76.3 cm³/mol. The molecule has 0 bridgehead atoms. The van der Waals surface area contributed by atoms with E-state index in [0.717, 1.165) is 12.8 Å². The third-order valence-corrected chi connectivity index (χ3v) is 2.47. The third kappa shape index (κ3) is 7.56. The second-order valence-corrected chi connectivity index (χ2v) is 4.01. The second kappa shape index (κ2) is 9.67. The van der Waals surface area contributed by atoms with E-state index < -0.39 is 0 Å². The summed E-state index contributed by atoms with van der Waals surface area (Å²) in [5, 5.41) is 11.2. The van der Waals surface area contributed by atoms with Crippen LogP contribution in [-0.4, -0.2) is 12.5 Å². The van der Waals surface area contributed by atoms with Crippen LogP contribution in [0.25, 0.3) is 0 Å². The van der Waals surface area contributed by atoms with Crippen molar-refractivity contribution in [3.05, 3.63) is 60.2 Å². The zero-order chi connectivity index (χ0) is 13.8. The minimum Gasteiger partial charge on any atom is -0.352 e.